The Morgan fingerprint density at radius 3 is 2.50 bits per heavy atom. The molecule has 3 aliphatic rings. The average Bonchev–Trinajstić information content (AvgIpc) is 3.30. The summed E-state index contributed by atoms with van der Waals surface area (Å²) in [6.07, 6.45) is 1.98. The van der Waals surface area contributed by atoms with Gasteiger partial charge >= 0.3 is 11.5 Å². The Hall–Kier alpha value is -3.48. The monoisotopic (exact) mass is 401 g/mol. The van der Waals surface area contributed by atoms with E-state index in [-0.39, 0.29) is 5.41 Å². The van der Waals surface area contributed by atoms with E-state index in [1.54, 1.807) is 0 Å². The maximum atomic E-state index is 15.2. The Morgan fingerprint density at radius 2 is 1.70 bits per heavy atom. The van der Waals surface area contributed by atoms with Crippen LogP contribution in [0.25, 0.3) is 17.1 Å². The number of hydrogen-bond donors (Lipinski definition) is 0. The van der Waals surface area contributed by atoms with Crippen molar-refractivity contribution in [1.82, 2.24) is 14.5 Å². The molecule has 4 aromatic rings. The van der Waals surface area contributed by atoms with Gasteiger partial charge in [-0.15, -0.1) is 4.57 Å². The smallest absolute Gasteiger partial charge is 0.204 e. The van der Waals surface area contributed by atoms with Gasteiger partial charge in [0.25, 0.3) is 5.82 Å². The highest BCUT2D eigenvalue weighted by Crippen LogP contribution is 2.49. The second-order valence-corrected chi connectivity index (χ2v) is 8.77. The summed E-state index contributed by atoms with van der Waals surface area (Å²) < 4.78 is 36.0. The van der Waals surface area contributed by atoms with Crippen molar-refractivity contribution in [2.45, 2.75) is 31.8 Å². The zero-order valence-corrected chi connectivity index (χ0v) is 16.6. The minimum Gasteiger partial charge on any atom is -0.204 e. The van der Waals surface area contributed by atoms with Gasteiger partial charge in [0.05, 0.1) is 5.69 Å². The molecule has 0 unspecified atom stereocenters. The van der Waals surface area contributed by atoms with Gasteiger partial charge in [-0.3, -0.25) is 0 Å². The fourth-order valence-electron chi connectivity index (χ4n) is 5.77. The lowest BCUT2D eigenvalue weighted by molar-refractivity contribution is -0.973. The topological polar surface area (TPSA) is 38.5 Å². The Labute approximate surface area is 170 Å². The van der Waals surface area contributed by atoms with E-state index in [1.807, 2.05) is 42.0 Å². The third kappa shape index (κ3) is 1.46. The van der Waals surface area contributed by atoms with E-state index in [1.165, 1.54) is 6.07 Å². The van der Waals surface area contributed by atoms with E-state index in [0.29, 0.717) is 16.8 Å². The summed E-state index contributed by atoms with van der Waals surface area (Å²) in [5.74, 6) is 0.0237. The van der Waals surface area contributed by atoms with Crippen molar-refractivity contribution in [1.29, 1.82) is 0 Å². The van der Waals surface area contributed by atoms with Crippen LogP contribution in [0.2, 0.25) is 0 Å². The first kappa shape index (κ1) is 16.3. The fourth-order valence-corrected chi connectivity index (χ4v) is 5.77. The van der Waals surface area contributed by atoms with Gasteiger partial charge in [-0.2, -0.15) is 22.9 Å². The quantitative estimate of drug-likeness (QED) is 0.290. The van der Waals surface area contributed by atoms with Gasteiger partial charge in [0.2, 0.25) is 23.3 Å². The Balaban J connectivity index is 1.83. The molecular formula is C23H17F2N5+2. The van der Waals surface area contributed by atoms with Gasteiger partial charge in [-0.05, 0) is 32.9 Å². The van der Waals surface area contributed by atoms with E-state index >= 15 is 4.39 Å². The first-order chi connectivity index (χ1) is 14.4. The molecule has 0 aliphatic carbocycles. The van der Waals surface area contributed by atoms with Crippen LogP contribution in [0.4, 0.5) is 8.78 Å². The Morgan fingerprint density at radius 1 is 0.967 bits per heavy atom. The molecule has 30 heavy (non-hydrogen) atoms. The summed E-state index contributed by atoms with van der Waals surface area (Å²) in [7, 11) is 0. The second kappa shape index (κ2) is 4.64. The molecule has 0 aromatic carbocycles. The van der Waals surface area contributed by atoms with Crippen LogP contribution in [0.15, 0.2) is 48.7 Å². The third-order valence-electron chi connectivity index (χ3n) is 6.85. The van der Waals surface area contributed by atoms with Gasteiger partial charge < -0.3 is 0 Å². The zero-order valence-electron chi connectivity index (χ0n) is 16.6. The first-order valence-electron chi connectivity index (χ1n) is 9.92. The molecule has 3 aliphatic heterocycles. The van der Waals surface area contributed by atoms with Crippen molar-refractivity contribution in [3.05, 3.63) is 89.0 Å². The summed E-state index contributed by atoms with van der Waals surface area (Å²) >= 11 is 0. The van der Waals surface area contributed by atoms with Gasteiger partial charge in [0.15, 0.2) is 0 Å². The van der Waals surface area contributed by atoms with Crippen LogP contribution in [0.3, 0.4) is 0 Å². The predicted octanol–water partition coefficient (Wildman–Crippen LogP) is 2.66. The summed E-state index contributed by atoms with van der Waals surface area (Å²) in [4.78, 5) is 8.39. The third-order valence-corrected chi connectivity index (χ3v) is 6.85. The van der Waals surface area contributed by atoms with Crippen LogP contribution in [0, 0.1) is 18.8 Å². The molecule has 0 amide bonds. The van der Waals surface area contributed by atoms with Crippen LogP contribution in [-0.4, -0.2) is 14.5 Å². The van der Waals surface area contributed by atoms with E-state index < -0.39 is 17.6 Å². The van der Waals surface area contributed by atoms with Gasteiger partial charge in [-0.25, -0.2) is 4.98 Å². The van der Waals surface area contributed by atoms with Crippen molar-refractivity contribution < 1.29 is 17.9 Å². The van der Waals surface area contributed by atoms with Crippen LogP contribution in [-0.2, 0) is 11.1 Å². The van der Waals surface area contributed by atoms with Crippen molar-refractivity contribution in [3.63, 3.8) is 0 Å². The van der Waals surface area contributed by atoms with Crippen LogP contribution in [0.5, 0.6) is 0 Å². The molecule has 146 valence electrons. The number of rotatable bonds is 0. The van der Waals surface area contributed by atoms with Gasteiger partial charge in [0.1, 0.15) is 28.4 Å². The number of fused-ring (bicyclic) bond motifs is 4. The number of aromatic nitrogens is 5. The Kier molecular flexibility index (Phi) is 2.52. The van der Waals surface area contributed by atoms with E-state index in [0.717, 1.165) is 28.7 Å². The van der Waals surface area contributed by atoms with E-state index in [2.05, 4.69) is 40.1 Å². The highest BCUT2D eigenvalue weighted by Gasteiger charge is 2.74. The number of halogens is 2. The molecule has 0 saturated heterocycles. The molecule has 0 radical (unpaired) electrons. The van der Waals surface area contributed by atoms with Gasteiger partial charge in [0, 0.05) is 24.3 Å². The maximum absolute atomic E-state index is 15.2. The van der Waals surface area contributed by atoms with Crippen LogP contribution < -0.4 is 9.13 Å². The summed E-state index contributed by atoms with van der Waals surface area (Å²) in [5.41, 5.74) is 3.11. The minimum absolute atomic E-state index is 0.332. The van der Waals surface area contributed by atoms with Gasteiger partial charge in [-0.1, -0.05) is 6.07 Å². The van der Waals surface area contributed by atoms with Crippen LogP contribution in [0.1, 0.15) is 42.3 Å². The minimum atomic E-state index is -0.998. The molecule has 0 saturated carbocycles. The summed E-state index contributed by atoms with van der Waals surface area (Å²) in [6.45, 7) is 6.25. The maximum Gasteiger partial charge on any atom is 0.419 e. The average molecular weight is 401 g/mol. The molecule has 0 bridgehead atoms. The number of imidazole rings is 1. The molecule has 5 nitrogen and oxygen atoms in total. The van der Waals surface area contributed by atoms with Crippen molar-refractivity contribution in [3.8, 4) is 17.1 Å². The summed E-state index contributed by atoms with van der Waals surface area (Å²) in [5, 5.41) is 0. The molecule has 1 atom stereocenters. The fraction of sp³-hybridized carbons (Fsp3) is 0.217. The second-order valence-electron chi connectivity index (χ2n) is 8.77. The van der Waals surface area contributed by atoms with Crippen molar-refractivity contribution in [2.75, 3.05) is 0 Å². The molecule has 7 rings (SSSR count). The number of pyridine rings is 3. The predicted molar refractivity (Wildman–Crippen MR) is 102 cm³/mol. The Bertz CT molecular complexity index is 1470. The van der Waals surface area contributed by atoms with Crippen molar-refractivity contribution >= 4 is 0 Å². The molecular weight excluding hydrogens is 384 g/mol. The van der Waals surface area contributed by atoms with Crippen LogP contribution >= 0.6 is 0 Å². The molecule has 1 spiro atoms. The van der Waals surface area contributed by atoms with E-state index in [9.17, 15) is 4.39 Å². The largest absolute Gasteiger partial charge is 0.419 e. The van der Waals surface area contributed by atoms with Crippen molar-refractivity contribution in [2.24, 2.45) is 0 Å². The first-order valence-corrected chi connectivity index (χ1v) is 9.92. The molecule has 0 fully saturated rings. The highest BCUT2D eigenvalue weighted by molar-refractivity contribution is 5.67. The van der Waals surface area contributed by atoms with E-state index in [4.69, 9.17) is 4.98 Å². The lowest BCUT2D eigenvalue weighted by Gasteiger charge is -2.33. The molecule has 7 heteroatoms. The summed E-state index contributed by atoms with van der Waals surface area (Å²) in [6, 6.07) is 13.4. The number of aryl methyl sites for hydroxylation is 1. The SMILES string of the molecule is Cc1cn2c(n1)[C@@]13c4cc(F)nc(F)c4-c4cccc([n+]41)C(C)(C)c1cccc-2[n+]13. The standard InChI is InChI=1S/C23H17F2N5/c1-12-11-28-18-9-5-8-16-22(2,3)15-7-4-6-14-19-13(10-17(24)27-20(19)25)23(29(14)15,30(16)18)21(28)26-12/h4-11H,1-3H3/q+2/t23-/m0/s1. The molecule has 4 aromatic heterocycles. The lowest BCUT2D eigenvalue weighted by Crippen LogP contribution is -2.79. The lowest BCUT2D eigenvalue weighted by atomic mass is 9.80. The zero-order chi connectivity index (χ0) is 20.6. The number of hydrogen-bond acceptors (Lipinski definition) is 2. The normalized spacial score (nSPS) is 20.6. The highest BCUT2D eigenvalue weighted by atomic mass is 19.1. The molecule has 7 heterocycles. The molecule has 0 N–H and O–H groups in total. The number of nitrogens with zero attached hydrogens (tertiary/aromatic N) is 5.